The molecule has 35 heavy (non-hydrogen) atoms. The Morgan fingerprint density at radius 2 is 1.80 bits per heavy atom. The zero-order valence-electron chi connectivity index (χ0n) is 20.6. The van der Waals surface area contributed by atoms with Gasteiger partial charge < -0.3 is 23.4 Å². The second kappa shape index (κ2) is 9.98. The quantitative estimate of drug-likeness (QED) is 0.357. The minimum Gasteiger partial charge on any atom is -0.494 e. The van der Waals surface area contributed by atoms with Gasteiger partial charge >= 0.3 is 0 Å². The van der Waals surface area contributed by atoms with E-state index in [0.717, 1.165) is 62.9 Å². The minimum atomic E-state index is 0.468. The van der Waals surface area contributed by atoms with Gasteiger partial charge in [0.2, 0.25) is 0 Å². The van der Waals surface area contributed by atoms with Crippen molar-refractivity contribution in [2.45, 2.75) is 26.6 Å². The van der Waals surface area contributed by atoms with Crippen molar-refractivity contribution in [3.8, 4) is 28.5 Å². The Morgan fingerprint density at radius 1 is 0.971 bits per heavy atom. The van der Waals surface area contributed by atoms with Crippen LogP contribution in [0.1, 0.15) is 22.6 Å². The van der Waals surface area contributed by atoms with Gasteiger partial charge in [0.05, 0.1) is 26.5 Å². The van der Waals surface area contributed by atoms with Crippen LogP contribution in [0.15, 0.2) is 52.9 Å². The maximum Gasteiger partial charge on any atom is 0.165 e. The lowest BCUT2D eigenvalue weighted by Gasteiger charge is -2.19. The van der Waals surface area contributed by atoms with Gasteiger partial charge in [-0.1, -0.05) is 12.1 Å². The van der Waals surface area contributed by atoms with Crippen LogP contribution in [0.25, 0.3) is 22.2 Å². The molecule has 0 saturated heterocycles. The summed E-state index contributed by atoms with van der Waals surface area (Å²) in [7, 11) is 5.01. The maximum atomic E-state index is 6.15. The van der Waals surface area contributed by atoms with Gasteiger partial charge in [-0.15, -0.1) is 0 Å². The Balaban J connectivity index is 1.51. The molecule has 0 atom stereocenters. The van der Waals surface area contributed by atoms with Crippen LogP contribution in [-0.2, 0) is 24.4 Å². The van der Waals surface area contributed by atoms with E-state index in [9.17, 15) is 0 Å². The molecule has 7 nitrogen and oxygen atoms in total. The Bertz CT molecular complexity index is 1350. The van der Waals surface area contributed by atoms with Gasteiger partial charge in [0, 0.05) is 36.7 Å². The Labute approximate surface area is 205 Å². The summed E-state index contributed by atoms with van der Waals surface area (Å²) >= 11 is 0. The molecule has 0 amide bonds. The number of hydrogen-bond acceptors (Lipinski definition) is 7. The molecule has 1 aliphatic heterocycles. The van der Waals surface area contributed by atoms with Gasteiger partial charge in [-0.05, 0) is 48.9 Å². The second-order valence-electron chi connectivity index (χ2n) is 8.71. The fourth-order valence-corrected chi connectivity index (χ4v) is 4.62. The standard InChI is InChI=1S/C28H30N2O5/c1-18-12-24(29-27-23(18)6-5-7-25(27)32-3)19-13-20-15-30(10-11-34-28(20)26(14-19)33-4)16-21-8-9-22(35-21)17-31-2/h5-9,12-14H,10-11,15-17H2,1-4H3. The molecule has 0 fully saturated rings. The number of aromatic nitrogens is 1. The number of hydrogen-bond donors (Lipinski definition) is 0. The van der Waals surface area contributed by atoms with E-state index in [2.05, 4.69) is 30.0 Å². The number of rotatable bonds is 7. The molecule has 0 aliphatic carbocycles. The highest BCUT2D eigenvalue weighted by Gasteiger charge is 2.22. The molecular formula is C28H30N2O5. The van der Waals surface area contributed by atoms with Crippen LogP contribution in [0.2, 0.25) is 0 Å². The van der Waals surface area contributed by atoms with E-state index < -0.39 is 0 Å². The fourth-order valence-electron chi connectivity index (χ4n) is 4.62. The third-order valence-corrected chi connectivity index (χ3v) is 6.31. The number of benzene rings is 2. The molecule has 7 heteroatoms. The van der Waals surface area contributed by atoms with Gasteiger partial charge in [0.15, 0.2) is 11.5 Å². The first-order valence-corrected chi connectivity index (χ1v) is 11.7. The summed E-state index contributed by atoms with van der Waals surface area (Å²) in [6, 6.07) is 16.2. The van der Waals surface area contributed by atoms with Crippen molar-refractivity contribution in [3.05, 3.63) is 71.2 Å². The van der Waals surface area contributed by atoms with Crippen LogP contribution in [0.5, 0.6) is 17.2 Å². The molecule has 0 radical (unpaired) electrons. The monoisotopic (exact) mass is 474 g/mol. The highest BCUT2D eigenvalue weighted by atomic mass is 16.5. The summed E-state index contributed by atoms with van der Waals surface area (Å²) in [5.74, 6) is 3.98. The van der Waals surface area contributed by atoms with Gasteiger partial charge in [0.25, 0.3) is 0 Å². The van der Waals surface area contributed by atoms with Crippen LogP contribution in [0.4, 0.5) is 0 Å². The Morgan fingerprint density at radius 3 is 2.60 bits per heavy atom. The van der Waals surface area contributed by atoms with Crippen molar-refractivity contribution >= 4 is 10.9 Å². The summed E-state index contributed by atoms with van der Waals surface area (Å²) < 4.78 is 28.6. The smallest absolute Gasteiger partial charge is 0.165 e. The molecule has 2 aromatic carbocycles. The summed E-state index contributed by atoms with van der Waals surface area (Å²) in [5, 5.41) is 1.08. The molecule has 4 aromatic rings. The van der Waals surface area contributed by atoms with Crippen LogP contribution in [-0.4, -0.2) is 44.4 Å². The third-order valence-electron chi connectivity index (χ3n) is 6.31. The number of furan rings is 1. The lowest BCUT2D eigenvalue weighted by molar-refractivity contribution is 0.157. The van der Waals surface area contributed by atoms with Gasteiger partial charge in [0.1, 0.15) is 36.0 Å². The molecule has 0 N–H and O–H groups in total. The first kappa shape index (κ1) is 23.2. The van der Waals surface area contributed by atoms with E-state index in [1.54, 1.807) is 21.3 Å². The molecule has 0 bridgehead atoms. The van der Waals surface area contributed by atoms with Gasteiger partial charge in [-0.2, -0.15) is 0 Å². The first-order chi connectivity index (χ1) is 17.1. The van der Waals surface area contributed by atoms with E-state index in [0.29, 0.717) is 32.1 Å². The van der Waals surface area contributed by atoms with Crippen molar-refractivity contribution in [1.29, 1.82) is 0 Å². The van der Waals surface area contributed by atoms with Crippen molar-refractivity contribution in [1.82, 2.24) is 9.88 Å². The Hall–Kier alpha value is -3.55. The summed E-state index contributed by atoms with van der Waals surface area (Å²) in [6.45, 7) is 5.30. The molecule has 0 saturated carbocycles. The molecule has 5 rings (SSSR count). The topological polar surface area (TPSA) is 66.2 Å². The molecule has 2 aromatic heterocycles. The predicted octanol–water partition coefficient (Wildman–Crippen LogP) is 5.36. The van der Waals surface area contributed by atoms with Crippen LogP contribution >= 0.6 is 0 Å². The second-order valence-corrected chi connectivity index (χ2v) is 8.71. The first-order valence-electron chi connectivity index (χ1n) is 11.7. The number of methoxy groups -OCH3 is 3. The largest absolute Gasteiger partial charge is 0.494 e. The maximum absolute atomic E-state index is 6.15. The van der Waals surface area contributed by atoms with E-state index >= 15 is 0 Å². The van der Waals surface area contributed by atoms with Crippen molar-refractivity contribution in [2.24, 2.45) is 0 Å². The molecule has 3 heterocycles. The summed E-state index contributed by atoms with van der Waals surface area (Å²) in [4.78, 5) is 7.28. The molecule has 1 aliphatic rings. The molecule has 0 unspecified atom stereocenters. The summed E-state index contributed by atoms with van der Waals surface area (Å²) in [5.41, 5.74) is 4.89. The van der Waals surface area contributed by atoms with Crippen LogP contribution in [0.3, 0.4) is 0 Å². The summed E-state index contributed by atoms with van der Waals surface area (Å²) in [6.07, 6.45) is 0. The van der Waals surface area contributed by atoms with Crippen LogP contribution in [0, 0.1) is 6.92 Å². The predicted molar refractivity (Wildman–Crippen MR) is 134 cm³/mol. The zero-order valence-corrected chi connectivity index (χ0v) is 20.6. The molecular weight excluding hydrogens is 444 g/mol. The van der Waals surface area contributed by atoms with Gasteiger partial charge in [-0.25, -0.2) is 4.98 Å². The minimum absolute atomic E-state index is 0.468. The molecule has 0 spiro atoms. The number of nitrogens with zero attached hydrogens (tertiary/aromatic N) is 2. The highest BCUT2D eigenvalue weighted by molar-refractivity contribution is 5.89. The fraction of sp³-hybridized carbons (Fsp3) is 0.321. The third kappa shape index (κ3) is 4.70. The zero-order chi connectivity index (χ0) is 24.4. The number of aryl methyl sites for hydroxylation is 1. The number of para-hydroxylation sites is 1. The van der Waals surface area contributed by atoms with Gasteiger partial charge in [-0.3, -0.25) is 4.90 Å². The lowest BCUT2D eigenvalue weighted by Crippen LogP contribution is -2.25. The normalized spacial score (nSPS) is 13.8. The van der Waals surface area contributed by atoms with E-state index in [1.807, 2.05) is 30.3 Å². The molecule has 182 valence electrons. The Kier molecular flexibility index (Phi) is 6.61. The van der Waals surface area contributed by atoms with Crippen LogP contribution < -0.4 is 14.2 Å². The van der Waals surface area contributed by atoms with E-state index in [4.69, 9.17) is 28.3 Å². The highest BCUT2D eigenvalue weighted by Crippen LogP contribution is 2.39. The number of fused-ring (bicyclic) bond motifs is 2. The number of pyridine rings is 1. The average Bonchev–Trinajstić information content (AvgIpc) is 3.20. The van der Waals surface area contributed by atoms with E-state index in [1.165, 1.54) is 0 Å². The number of ether oxygens (including phenoxy) is 4. The van der Waals surface area contributed by atoms with Crippen molar-refractivity contribution < 1.29 is 23.4 Å². The SMILES string of the molecule is COCc1ccc(CN2CCOc3c(cc(-c4cc(C)c5cccc(OC)c5n4)cc3OC)C2)o1. The van der Waals surface area contributed by atoms with Crippen molar-refractivity contribution in [3.63, 3.8) is 0 Å². The average molecular weight is 475 g/mol. The van der Waals surface area contributed by atoms with E-state index in [-0.39, 0.29) is 0 Å². The van der Waals surface area contributed by atoms with Crippen molar-refractivity contribution in [2.75, 3.05) is 34.5 Å². The lowest BCUT2D eigenvalue weighted by atomic mass is 10.0.